The standard InChI is InChI=1S/C10H15N3OS/c1-9(10(2)15-8-11)7-12-13-3-5-14-6-4-13/h7H,3-6H2,1-2H3/b10-9+,12-7+. The number of thioether (sulfide) groups is 1. The van der Waals surface area contributed by atoms with E-state index in [1.54, 1.807) is 0 Å². The van der Waals surface area contributed by atoms with Crippen molar-refractivity contribution in [3.05, 3.63) is 10.5 Å². The van der Waals surface area contributed by atoms with Crippen LogP contribution in [-0.4, -0.2) is 37.5 Å². The van der Waals surface area contributed by atoms with Crippen LogP contribution in [0, 0.1) is 10.7 Å². The number of nitriles is 1. The highest BCUT2D eigenvalue weighted by atomic mass is 32.2. The minimum atomic E-state index is 0.742. The molecule has 0 aromatic heterocycles. The van der Waals surface area contributed by atoms with Gasteiger partial charge in [-0.25, -0.2) is 0 Å². The quantitative estimate of drug-likeness (QED) is 0.543. The van der Waals surface area contributed by atoms with Crippen molar-refractivity contribution in [2.75, 3.05) is 26.3 Å². The first-order chi connectivity index (χ1) is 7.24. The molecular weight excluding hydrogens is 210 g/mol. The summed E-state index contributed by atoms with van der Waals surface area (Å²) in [5, 5.41) is 16.9. The first-order valence-corrected chi connectivity index (χ1v) is 5.66. The van der Waals surface area contributed by atoms with Crippen molar-refractivity contribution in [3.8, 4) is 5.40 Å². The molecule has 0 aromatic rings. The highest BCUT2D eigenvalue weighted by Gasteiger charge is 2.06. The molecule has 1 aliphatic heterocycles. The Bertz CT molecular complexity index is 300. The third-order valence-corrected chi connectivity index (χ3v) is 2.88. The molecular formula is C10H15N3OS. The molecule has 1 fully saturated rings. The van der Waals surface area contributed by atoms with E-state index in [0.29, 0.717) is 0 Å². The number of nitrogens with zero attached hydrogens (tertiary/aromatic N) is 3. The Morgan fingerprint density at radius 2 is 2.13 bits per heavy atom. The fourth-order valence-corrected chi connectivity index (χ4v) is 1.43. The number of ether oxygens (including phenoxy) is 1. The smallest absolute Gasteiger partial charge is 0.138 e. The Morgan fingerprint density at radius 1 is 1.47 bits per heavy atom. The number of hydrogen-bond donors (Lipinski definition) is 0. The van der Waals surface area contributed by atoms with Crippen molar-refractivity contribution in [1.29, 1.82) is 5.26 Å². The van der Waals surface area contributed by atoms with Crippen LogP contribution in [0.1, 0.15) is 13.8 Å². The van der Waals surface area contributed by atoms with Gasteiger partial charge in [0.25, 0.3) is 0 Å². The molecule has 0 aliphatic carbocycles. The van der Waals surface area contributed by atoms with Gasteiger partial charge in [-0.15, -0.1) is 0 Å². The summed E-state index contributed by atoms with van der Waals surface area (Å²) < 4.78 is 5.22. The summed E-state index contributed by atoms with van der Waals surface area (Å²) in [7, 11) is 0. The summed E-state index contributed by atoms with van der Waals surface area (Å²) in [6.07, 6.45) is 1.81. The van der Waals surface area contributed by atoms with Crippen molar-refractivity contribution in [2.45, 2.75) is 13.8 Å². The Balaban J connectivity index is 2.48. The van der Waals surface area contributed by atoms with Crippen LogP contribution in [0.3, 0.4) is 0 Å². The van der Waals surface area contributed by atoms with Gasteiger partial charge in [0.05, 0.1) is 32.5 Å². The van der Waals surface area contributed by atoms with Crippen LogP contribution in [0.2, 0.25) is 0 Å². The minimum absolute atomic E-state index is 0.742. The average molecular weight is 225 g/mol. The molecule has 1 aliphatic rings. The highest BCUT2D eigenvalue weighted by Crippen LogP contribution is 2.16. The molecule has 1 heterocycles. The zero-order chi connectivity index (χ0) is 11.1. The van der Waals surface area contributed by atoms with E-state index in [9.17, 15) is 0 Å². The van der Waals surface area contributed by atoms with E-state index in [4.69, 9.17) is 10.00 Å². The van der Waals surface area contributed by atoms with Crippen molar-refractivity contribution in [3.63, 3.8) is 0 Å². The van der Waals surface area contributed by atoms with Crippen molar-refractivity contribution in [2.24, 2.45) is 5.10 Å². The van der Waals surface area contributed by atoms with Gasteiger partial charge in [0.15, 0.2) is 0 Å². The molecule has 0 spiro atoms. The fraction of sp³-hybridized carbons (Fsp3) is 0.600. The average Bonchev–Trinajstić information content (AvgIpc) is 2.27. The van der Waals surface area contributed by atoms with Crippen molar-refractivity contribution < 1.29 is 4.74 Å². The lowest BCUT2D eigenvalue weighted by molar-refractivity contribution is 0.0396. The summed E-state index contributed by atoms with van der Waals surface area (Å²) in [6.45, 7) is 7.05. The number of hydrazone groups is 1. The second-order valence-corrected chi connectivity index (χ2v) is 4.24. The fourth-order valence-electron chi connectivity index (χ4n) is 1.08. The van der Waals surface area contributed by atoms with E-state index in [-0.39, 0.29) is 0 Å². The molecule has 4 nitrogen and oxygen atoms in total. The number of morpholine rings is 1. The summed E-state index contributed by atoms with van der Waals surface area (Å²) in [5.41, 5.74) is 1.04. The molecule has 82 valence electrons. The van der Waals surface area contributed by atoms with Gasteiger partial charge in [-0.3, -0.25) is 5.01 Å². The number of allylic oxidation sites excluding steroid dienone is 2. The molecule has 0 N–H and O–H groups in total. The van der Waals surface area contributed by atoms with Crippen LogP contribution < -0.4 is 0 Å². The second-order valence-electron chi connectivity index (χ2n) is 3.24. The molecule has 0 atom stereocenters. The largest absolute Gasteiger partial charge is 0.378 e. The van der Waals surface area contributed by atoms with Gasteiger partial charge in [-0.2, -0.15) is 10.4 Å². The van der Waals surface area contributed by atoms with Crippen LogP contribution in [0.15, 0.2) is 15.6 Å². The highest BCUT2D eigenvalue weighted by molar-refractivity contribution is 8.07. The van der Waals surface area contributed by atoms with Gasteiger partial charge >= 0.3 is 0 Å². The van der Waals surface area contributed by atoms with E-state index >= 15 is 0 Å². The van der Waals surface area contributed by atoms with Crippen LogP contribution in [-0.2, 0) is 4.74 Å². The summed E-state index contributed by atoms with van der Waals surface area (Å²) >= 11 is 1.18. The number of thiocyanates is 1. The number of rotatable bonds is 3. The zero-order valence-electron chi connectivity index (χ0n) is 9.06. The lowest BCUT2D eigenvalue weighted by Crippen LogP contribution is -2.32. The predicted molar refractivity (Wildman–Crippen MR) is 62.5 cm³/mol. The Hall–Kier alpha value is -0.990. The SMILES string of the molecule is CC(/C=N/N1CCOCC1)=C(/C)SC#N. The molecule has 5 heteroatoms. The molecule has 0 radical (unpaired) electrons. The van der Waals surface area contributed by atoms with Crippen LogP contribution >= 0.6 is 11.8 Å². The molecule has 0 saturated carbocycles. The van der Waals surface area contributed by atoms with Crippen molar-refractivity contribution in [1.82, 2.24) is 5.01 Å². The lowest BCUT2D eigenvalue weighted by Gasteiger charge is -2.23. The van der Waals surface area contributed by atoms with Crippen LogP contribution in [0.5, 0.6) is 0 Å². The van der Waals surface area contributed by atoms with E-state index < -0.39 is 0 Å². The third kappa shape index (κ3) is 4.36. The zero-order valence-corrected chi connectivity index (χ0v) is 9.88. The maximum atomic E-state index is 8.51. The van der Waals surface area contributed by atoms with E-state index in [2.05, 4.69) is 5.10 Å². The van der Waals surface area contributed by atoms with Crippen LogP contribution in [0.4, 0.5) is 0 Å². The minimum Gasteiger partial charge on any atom is -0.378 e. The maximum absolute atomic E-state index is 8.51. The molecule has 0 amide bonds. The summed E-state index contributed by atoms with van der Waals surface area (Å²) in [5.74, 6) is 0. The molecule has 1 saturated heterocycles. The van der Waals surface area contributed by atoms with E-state index in [1.165, 1.54) is 11.8 Å². The first kappa shape index (κ1) is 12.1. The Labute approximate surface area is 94.6 Å². The van der Waals surface area contributed by atoms with Gasteiger partial charge < -0.3 is 4.74 Å². The predicted octanol–water partition coefficient (Wildman–Crippen LogP) is 1.81. The summed E-state index contributed by atoms with van der Waals surface area (Å²) in [4.78, 5) is 0.995. The van der Waals surface area contributed by atoms with Crippen molar-refractivity contribution >= 4 is 18.0 Å². The lowest BCUT2D eigenvalue weighted by atomic mass is 10.3. The molecule has 0 unspecified atom stereocenters. The third-order valence-electron chi connectivity index (χ3n) is 2.16. The van der Waals surface area contributed by atoms with Gasteiger partial charge in [0, 0.05) is 4.91 Å². The topological polar surface area (TPSA) is 48.6 Å². The normalized spacial score (nSPS) is 18.9. The maximum Gasteiger partial charge on any atom is 0.138 e. The van der Waals surface area contributed by atoms with E-state index in [0.717, 1.165) is 36.8 Å². The first-order valence-electron chi connectivity index (χ1n) is 4.84. The van der Waals surface area contributed by atoms with Crippen LogP contribution in [0.25, 0.3) is 0 Å². The van der Waals surface area contributed by atoms with E-state index in [1.807, 2.05) is 30.5 Å². The molecule has 15 heavy (non-hydrogen) atoms. The second kappa shape index (κ2) is 6.49. The van der Waals surface area contributed by atoms with Gasteiger partial charge in [-0.05, 0) is 31.2 Å². The Kier molecular flexibility index (Phi) is 5.22. The monoisotopic (exact) mass is 225 g/mol. The Morgan fingerprint density at radius 3 is 2.73 bits per heavy atom. The summed E-state index contributed by atoms with van der Waals surface area (Å²) in [6, 6.07) is 0. The molecule has 0 aromatic carbocycles. The van der Waals surface area contributed by atoms with Gasteiger partial charge in [0.1, 0.15) is 5.40 Å². The molecule has 0 bridgehead atoms. The van der Waals surface area contributed by atoms with Gasteiger partial charge in [-0.1, -0.05) is 0 Å². The number of hydrogen-bond acceptors (Lipinski definition) is 5. The van der Waals surface area contributed by atoms with Gasteiger partial charge in [0.2, 0.25) is 0 Å². The molecule has 1 rings (SSSR count).